The molecule has 0 amide bonds. The summed E-state index contributed by atoms with van der Waals surface area (Å²) in [7, 11) is 3.69. The molecule has 1 spiro atoms. The van der Waals surface area contributed by atoms with E-state index >= 15 is 0 Å². The minimum absolute atomic E-state index is 0.0295. The zero-order valence-electron chi connectivity index (χ0n) is 18.6. The Labute approximate surface area is 193 Å². The van der Waals surface area contributed by atoms with Crippen LogP contribution in [0.3, 0.4) is 0 Å². The SMILES string of the molecule is CN=C/C(=C\N)c1cnc2ccc(CC(=N)N3C(=N)SCC4(CCCN4)CN3C)cc2c1. The van der Waals surface area contributed by atoms with Crippen molar-refractivity contribution in [1.82, 2.24) is 20.3 Å². The van der Waals surface area contributed by atoms with Crippen LogP contribution in [0.4, 0.5) is 0 Å². The average Bonchev–Trinajstić information content (AvgIpc) is 3.19. The fourth-order valence-electron chi connectivity index (χ4n) is 4.50. The molecular weight excluding hydrogens is 420 g/mol. The number of hydrazine groups is 1. The number of pyridine rings is 1. The molecule has 5 N–H and O–H groups in total. The normalized spacial score (nSPS) is 22.9. The number of amidine groups is 2. The van der Waals surface area contributed by atoms with Crippen molar-refractivity contribution in [2.75, 3.05) is 32.9 Å². The Morgan fingerprint density at radius 1 is 1.41 bits per heavy atom. The van der Waals surface area contributed by atoms with Gasteiger partial charge in [0.1, 0.15) is 5.84 Å². The third-order valence-corrected chi connectivity index (χ3v) is 7.18. The summed E-state index contributed by atoms with van der Waals surface area (Å²) >= 11 is 1.52. The number of allylic oxidation sites excluding steroid dienone is 1. The first-order valence-electron chi connectivity index (χ1n) is 10.7. The van der Waals surface area contributed by atoms with E-state index in [1.165, 1.54) is 18.0 Å². The molecule has 0 saturated carbocycles. The highest BCUT2D eigenvalue weighted by Crippen LogP contribution is 2.30. The molecule has 2 aliphatic heterocycles. The zero-order valence-corrected chi connectivity index (χ0v) is 19.4. The second-order valence-electron chi connectivity index (χ2n) is 8.42. The maximum atomic E-state index is 8.79. The molecule has 4 rings (SSSR count). The van der Waals surface area contributed by atoms with Gasteiger partial charge in [-0.25, -0.2) is 10.0 Å². The first-order chi connectivity index (χ1) is 15.4. The molecule has 2 aromatic rings. The number of fused-ring (bicyclic) bond motifs is 1. The molecule has 2 saturated heterocycles. The van der Waals surface area contributed by atoms with Gasteiger partial charge in [-0.1, -0.05) is 17.8 Å². The predicted molar refractivity (Wildman–Crippen MR) is 134 cm³/mol. The molecule has 2 fully saturated rings. The van der Waals surface area contributed by atoms with E-state index in [0.717, 1.165) is 59.3 Å². The molecule has 8 nitrogen and oxygen atoms in total. The Bertz CT molecular complexity index is 1090. The summed E-state index contributed by atoms with van der Waals surface area (Å²) in [6.07, 6.45) is 7.75. The molecule has 1 atom stereocenters. The van der Waals surface area contributed by atoms with E-state index < -0.39 is 0 Å². The summed E-state index contributed by atoms with van der Waals surface area (Å²) in [5, 5.41) is 26.1. The molecule has 9 heteroatoms. The van der Waals surface area contributed by atoms with Crippen molar-refractivity contribution >= 4 is 45.5 Å². The van der Waals surface area contributed by atoms with Gasteiger partial charge in [-0.15, -0.1) is 0 Å². The number of thioether (sulfide) groups is 1. The summed E-state index contributed by atoms with van der Waals surface area (Å²) in [5.74, 6) is 1.26. The predicted octanol–water partition coefficient (Wildman–Crippen LogP) is 2.71. The van der Waals surface area contributed by atoms with E-state index in [1.54, 1.807) is 24.5 Å². The molecule has 168 valence electrons. The summed E-state index contributed by atoms with van der Waals surface area (Å²) in [6, 6.07) is 8.09. The lowest BCUT2D eigenvalue weighted by Gasteiger charge is -2.35. The minimum Gasteiger partial charge on any atom is -0.404 e. The average molecular weight is 451 g/mol. The van der Waals surface area contributed by atoms with Crippen LogP contribution < -0.4 is 11.1 Å². The number of aromatic nitrogens is 1. The van der Waals surface area contributed by atoms with Gasteiger partial charge in [-0.2, -0.15) is 0 Å². The number of hydrogen-bond donors (Lipinski definition) is 4. The van der Waals surface area contributed by atoms with Crippen LogP contribution in [0.1, 0.15) is 24.0 Å². The zero-order chi connectivity index (χ0) is 22.7. The second-order valence-corrected chi connectivity index (χ2v) is 9.38. The van der Waals surface area contributed by atoms with Crippen LogP contribution in [-0.4, -0.2) is 70.7 Å². The molecule has 2 aliphatic rings. The van der Waals surface area contributed by atoms with Crippen molar-refractivity contribution in [3.63, 3.8) is 0 Å². The summed E-state index contributed by atoms with van der Waals surface area (Å²) in [6.45, 7) is 1.82. The van der Waals surface area contributed by atoms with Crippen LogP contribution >= 0.6 is 11.8 Å². The Morgan fingerprint density at radius 2 is 2.25 bits per heavy atom. The fourth-order valence-corrected chi connectivity index (χ4v) is 5.63. The van der Waals surface area contributed by atoms with E-state index in [4.69, 9.17) is 16.6 Å². The van der Waals surface area contributed by atoms with Crippen LogP contribution in [0.15, 0.2) is 41.7 Å². The largest absolute Gasteiger partial charge is 0.404 e. The second kappa shape index (κ2) is 9.40. The summed E-state index contributed by atoms with van der Waals surface area (Å²) in [4.78, 5) is 8.60. The van der Waals surface area contributed by atoms with Gasteiger partial charge in [0.15, 0.2) is 5.17 Å². The molecule has 1 aromatic carbocycles. The Morgan fingerprint density at radius 3 is 2.97 bits per heavy atom. The van der Waals surface area contributed by atoms with Gasteiger partial charge >= 0.3 is 0 Å². The summed E-state index contributed by atoms with van der Waals surface area (Å²) in [5.41, 5.74) is 9.39. The number of aliphatic imine (C=N–C) groups is 1. The molecular formula is C23H30N8S. The van der Waals surface area contributed by atoms with Gasteiger partial charge in [0.2, 0.25) is 0 Å². The van der Waals surface area contributed by atoms with Crippen molar-refractivity contribution in [2.24, 2.45) is 10.7 Å². The monoisotopic (exact) mass is 450 g/mol. The Kier molecular flexibility index (Phi) is 6.59. The topological polar surface area (TPSA) is 117 Å². The van der Waals surface area contributed by atoms with E-state index in [0.29, 0.717) is 17.4 Å². The highest BCUT2D eigenvalue weighted by molar-refractivity contribution is 8.13. The fraction of sp³-hybridized carbons (Fsp3) is 0.391. The molecule has 32 heavy (non-hydrogen) atoms. The quantitative estimate of drug-likeness (QED) is 0.420. The maximum Gasteiger partial charge on any atom is 0.176 e. The first-order valence-corrected chi connectivity index (χ1v) is 11.7. The third kappa shape index (κ3) is 4.55. The first kappa shape index (κ1) is 22.4. The van der Waals surface area contributed by atoms with Crippen molar-refractivity contribution in [1.29, 1.82) is 10.8 Å². The number of likely N-dealkylation sites (N-methyl/N-ethyl adjacent to an activating group) is 1. The highest BCUT2D eigenvalue weighted by Gasteiger charge is 2.40. The smallest absolute Gasteiger partial charge is 0.176 e. The van der Waals surface area contributed by atoms with E-state index in [-0.39, 0.29) is 5.54 Å². The van der Waals surface area contributed by atoms with Crippen molar-refractivity contribution in [3.8, 4) is 0 Å². The molecule has 1 unspecified atom stereocenters. The van der Waals surface area contributed by atoms with Gasteiger partial charge in [-0.3, -0.25) is 20.8 Å². The van der Waals surface area contributed by atoms with Gasteiger partial charge in [0.25, 0.3) is 0 Å². The molecule has 1 aromatic heterocycles. The highest BCUT2D eigenvalue weighted by atomic mass is 32.2. The van der Waals surface area contributed by atoms with E-state index in [1.807, 2.05) is 30.3 Å². The van der Waals surface area contributed by atoms with Gasteiger partial charge in [0, 0.05) is 73.5 Å². The number of nitrogens with two attached hydrogens (primary N) is 1. The van der Waals surface area contributed by atoms with Gasteiger partial charge < -0.3 is 11.1 Å². The van der Waals surface area contributed by atoms with Gasteiger partial charge in [0.05, 0.1) is 5.52 Å². The lowest BCUT2D eigenvalue weighted by atomic mass is 10.00. The number of hydrogen-bond acceptors (Lipinski definition) is 8. The molecule has 0 bridgehead atoms. The number of rotatable bonds is 4. The van der Waals surface area contributed by atoms with Crippen molar-refractivity contribution in [2.45, 2.75) is 24.8 Å². The minimum atomic E-state index is 0.0295. The standard InChI is InChI=1S/C23H30N8S/c1-27-12-19(11-24)18-10-17-8-16(4-5-20(17)28-13-18)9-21(25)31-22(26)32-15-23(14-30(31)2)6-3-7-29-23/h4-5,8,10-13,25-26,29H,3,6-7,9,14-15,24H2,1-2H3/b19-11+,25-21?,26-22?,27-12?. The van der Waals surface area contributed by atoms with Crippen LogP contribution in [0.2, 0.25) is 0 Å². The molecule has 0 radical (unpaired) electrons. The van der Waals surface area contributed by atoms with Gasteiger partial charge in [-0.05, 0) is 43.1 Å². The number of nitrogens with one attached hydrogen (secondary N) is 3. The lowest BCUT2D eigenvalue weighted by Crippen LogP contribution is -2.54. The number of benzene rings is 1. The van der Waals surface area contributed by atoms with E-state index in [9.17, 15) is 0 Å². The molecule has 3 heterocycles. The lowest BCUT2D eigenvalue weighted by molar-refractivity contribution is 0.115. The van der Waals surface area contributed by atoms with Crippen LogP contribution in [0, 0.1) is 10.8 Å². The molecule has 0 aliphatic carbocycles. The van der Waals surface area contributed by atoms with Crippen molar-refractivity contribution < 1.29 is 0 Å². The van der Waals surface area contributed by atoms with Crippen LogP contribution in [0.5, 0.6) is 0 Å². The van der Waals surface area contributed by atoms with Crippen molar-refractivity contribution in [3.05, 3.63) is 47.8 Å². The third-order valence-electron chi connectivity index (χ3n) is 6.04. The number of nitrogens with zero attached hydrogens (tertiary/aromatic N) is 4. The Balaban J connectivity index is 1.55. The Hall–Kier alpha value is -2.75. The van der Waals surface area contributed by atoms with Crippen LogP contribution in [0.25, 0.3) is 16.5 Å². The maximum absolute atomic E-state index is 8.79. The van der Waals surface area contributed by atoms with Crippen LogP contribution in [-0.2, 0) is 6.42 Å². The summed E-state index contributed by atoms with van der Waals surface area (Å²) < 4.78 is 0. The van der Waals surface area contributed by atoms with E-state index in [2.05, 4.69) is 21.4 Å².